The monoisotopic (exact) mass is 231 g/mol. The predicted octanol–water partition coefficient (Wildman–Crippen LogP) is 2.96. The van der Waals surface area contributed by atoms with E-state index in [9.17, 15) is 4.79 Å². The number of hydrogen-bond acceptors (Lipinski definition) is 2. The highest BCUT2D eigenvalue weighted by molar-refractivity contribution is 5.75. The van der Waals surface area contributed by atoms with Crippen LogP contribution in [0.4, 0.5) is 0 Å². The number of nitrogens with zero attached hydrogens (tertiary/aromatic N) is 1. The van der Waals surface area contributed by atoms with E-state index < -0.39 is 0 Å². The first-order valence-electron chi connectivity index (χ1n) is 6.00. The fraction of sp³-hybridized carbons (Fsp3) is 0.400. The molecule has 17 heavy (non-hydrogen) atoms. The van der Waals surface area contributed by atoms with E-state index in [2.05, 4.69) is 43.0 Å². The summed E-state index contributed by atoms with van der Waals surface area (Å²) in [6, 6.07) is 8.32. The van der Waals surface area contributed by atoms with Gasteiger partial charge in [-0.15, -0.1) is 0 Å². The lowest BCUT2D eigenvalue weighted by molar-refractivity contribution is -0.105. The molecule has 2 nitrogen and oxygen atoms in total. The Hall–Kier alpha value is -1.57. The molecule has 0 fully saturated rings. The molecule has 2 heteroatoms. The average Bonchev–Trinajstić information content (AvgIpc) is 2.36. The van der Waals surface area contributed by atoms with Gasteiger partial charge in [-0.1, -0.05) is 29.8 Å². The van der Waals surface area contributed by atoms with Gasteiger partial charge in [0.2, 0.25) is 0 Å². The minimum absolute atomic E-state index is 0.708. The Balaban J connectivity index is 2.90. The first-order valence-corrected chi connectivity index (χ1v) is 6.00. The summed E-state index contributed by atoms with van der Waals surface area (Å²) >= 11 is 0. The van der Waals surface area contributed by atoms with E-state index in [-0.39, 0.29) is 0 Å². The molecule has 0 N–H and O–H groups in total. The maximum atomic E-state index is 11.2. The highest BCUT2D eigenvalue weighted by Crippen LogP contribution is 2.13. The molecule has 1 aromatic rings. The standard InChI is InChI=1S/C15H21NO/c1-5-16(4)13(3)15(11-17)10-14-8-6-12(2)7-9-14/h6-9,11H,5,10H2,1-4H3/b15-13+. The van der Waals surface area contributed by atoms with E-state index in [1.165, 1.54) is 11.1 Å². The van der Waals surface area contributed by atoms with Crippen LogP contribution < -0.4 is 0 Å². The third kappa shape index (κ3) is 3.74. The van der Waals surface area contributed by atoms with Crippen molar-refractivity contribution in [2.24, 2.45) is 0 Å². The smallest absolute Gasteiger partial charge is 0.148 e. The summed E-state index contributed by atoms with van der Waals surface area (Å²) in [5.41, 5.74) is 4.34. The van der Waals surface area contributed by atoms with Crippen LogP contribution in [0.1, 0.15) is 25.0 Å². The van der Waals surface area contributed by atoms with Crippen molar-refractivity contribution in [1.29, 1.82) is 0 Å². The van der Waals surface area contributed by atoms with Crippen molar-refractivity contribution in [3.8, 4) is 0 Å². The number of carbonyl (C=O) groups is 1. The van der Waals surface area contributed by atoms with Gasteiger partial charge in [0.1, 0.15) is 6.29 Å². The molecule has 0 aromatic heterocycles. The van der Waals surface area contributed by atoms with Crippen LogP contribution in [0.5, 0.6) is 0 Å². The van der Waals surface area contributed by atoms with E-state index in [1.807, 2.05) is 14.0 Å². The third-order valence-electron chi connectivity index (χ3n) is 3.17. The molecule has 0 heterocycles. The summed E-state index contributed by atoms with van der Waals surface area (Å²) in [6.07, 6.45) is 1.68. The first-order chi connectivity index (χ1) is 8.08. The normalized spacial score (nSPS) is 12.0. The molecule has 0 saturated carbocycles. The number of benzene rings is 1. The second kappa shape index (κ2) is 6.24. The van der Waals surface area contributed by atoms with Gasteiger partial charge in [0.25, 0.3) is 0 Å². The van der Waals surface area contributed by atoms with E-state index in [4.69, 9.17) is 0 Å². The number of aldehydes is 1. The van der Waals surface area contributed by atoms with Crippen LogP contribution in [0, 0.1) is 6.92 Å². The molecule has 0 atom stereocenters. The molecule has 0 unspecified atom stereocenters. The van der Waals surface area contributed by atoms with Crippen molar-refractivity contribution >= 4 is 6.29 Å². The summed E-state index contributed by atoms with van der Waals surface area (Å²) < 4.78 is 0. The van der Waals surface area contributed by atoms with Crippen LogP contribution in [0.15, 0.2) is 35.5 Å². The lowest BCUT2D eigenvalue weighted by Gasteiger charge is -2.19. The summed E-state index contributed by atoms with van der Waals surface area (Å²) in [5, 5.41) is 0. The van der Waals surface area contributed by atoms with Gasteiger partial charge in [0.05, 0.1) is 0 Å². The fourth-order valence-corrected chi connectivity index (χ4v) is 1.66. The van der Waals surface area contributed by atoms with E-state index >= 15 is 0 Å². The molecular weight excluding hydrogens is 210 g/mol. The zero-order valence-corrected chi connectivity index (χ0v) is 11.2. The van der Waals surface area contributed by atoms with Crippen LogP contribution >= 0.6 is 0 Å². The van der Waals surface area contributed by atoms with Crippen molar-refractivity contribution in [2.75, 3.05) is 13.6 Å². The molecule has 92 valence electrons. The number of aryl methyl sites for hydroxylation is 1. The number of carbonyl (C=O) groups excluding carboxylic acids is 1. The van der Waals surface area contributed by atoms with Crippen LogP contribution in [0.3, 0.4) is 0 Å². The van der Waals surface area contributed by atoms with Gasteiger partial charge in [0, 0.05) is 31.3 Å². The van der Waals surface area contributed by atoms with Crippen LogP contribution in [0.25, 0.3) is 0 Å². The Morgan fingerprint density at radius 2 is 1.88 bits per heavy atom. The minimum atomic E-state index is 0.708. The lowest BCUT2D eigenvalue weighted by atomic mass is 10.0. The van der Waals surface area contributed by atoms with E-state index in [1.54, 1.807) is 0 Å². The van der Waals surface area contributed by atoms with Crippen LogP contribution in [-0.4, -0.2) is 24.8 Å². The maximum absolute atomic E-state index is 11.2. The average molecular weight is 231 g/mol. The molecule has 0 bridgehead atoms. The fourth-order valence-electron chi connectivity index (χ4n) is 1.66. The lowest BCUT2D eigenvalue weighted by Crippen LogP contribution is -2.17. The van der Waals surface area contributed by atoms with E-state index in [0.717, 1.165) is 24.1 Å². The quantitative estimate of drug-likeness (QED) is 0.573. The van der Waals surface area contributed by atoms with Gasteiger partial charge in [-0.05, 0) is 26.3 Å². The molecular formula is C15H21NO. The second-order valence-electron chi connectivity index (χ2n) is 4.41. The summed E-state index contributed by atoms with van der Waals surface area (Å²) in [7, 11) is 2.01. The molecule has 0 radical (unpaired) electrons. The first kappa shape index (κ1) is 13.5. The van der Waals surface area contributed by atoms with Gasteiger partial charge >= 0.3 is 0 Å². The molecule has 1 rings (SSSR count). The van der Waals surface area contributed by atoms with Crippen molar-refractivity contribution < 1.29 is 4.79 Å². The second-order valence-corrected chi connectivity index (χ2v) is 4.41. The zero-order chi connectivity index (χ0) is 12.8. The number of allylic oxidation sites excluding steroid dienone is 2. The van der Waals surface area contributed by atoms with Crippen molar-refractivity contribution in [3.63, 3.8) is 0 Å². The number of hydrogen-bond donors (Lipinski definition) is 0. The molecule has 0 saturated heterocycles. The van der Waals surface area contributed by atoms with Gasteiger partial charge in [-0.3, -0.25) is 4.79 Å². The molecule has 0 aliphatic carbocycles. The topological polar surface area (TPSA) is 20.3 Å². The predicted molar refractivity (Wildman–Crippen MR) is 72.0 cm³/mol. The molecule has 0 aliphatic heterocycles. The number of rotatable bonds is 5. The Labute approximate surface area is 104 Å². The SMILES string of the molecule is CCN(C)/C(C)=C(/C=O)Cc1ccc(C)cc1. The van der Waals surface area contributed by atoms with Crippen molar-refractivity contribution in [2.45, 2.75) is 27.2 Å². The highest BCUT2D eigenvalue weighted by Gasteiger charge is 2.06. The zero-order valence-electron chi connectivity index (χ0n) is 11.2. The van der Waals surface area contributed by atoms with Gasteiger partial charge in [-0.2, -0.15) is 0 Å². The van der Waals surface area contributed by atoms with Gasteiger partial charge < -0.3 is 4.90 Å². The minimum Gasteiger partial charge on any atom is -0.378 e. The molecule has 0 aliphatic rings. The van der Waals surface area contributed by atoms with Crippen LogP contribution in [0.2, 0.25) is 0 Å². The Morgan fingerprint density at radius 3 is 2.35 bits per heavy atom. The van der Waals surface area contributed by atoms with Crippen molar-refractivity contribution in [1.82, 2.24) is 4.90 Å². The Kier molecular flexibility index (Phi) is 4.95. The summed E-state index contributed by atoms with van der Waals surface area (Å²) in [6.45, 7) is 7.06. The van der Waals surface area contributed by atoms with Crippen LogP contribution in [-0.2, 0) is 11.2 Å². The van der Waals surface area contributed by atoms with Gasteiger partial charge in [0.15, 0.2) is 0 Å². The van der Waals surface area contributed by atoms with Gasteiger partial charge in [-0.25, -0.2) is 0 Å². The Morgan fingerprint density at radius 1 is 1.29 bits per heavy atom. The maximum Gasteiger partial charge on any atom is 0.148 e. The van der Waals surface area contributed by atoms with Crippen molar-refractivity contribution in [3.05, 3.63) is 46.7 Å². The summed E-state index contributed by atoms with van der Waals surface area (Å²) in [5.74, 6) is 0. The molecule has 0 amide bonds. The third-order valence-corrected chi connectivity index (χ3v) is 3.17. The highest BCUT2D eigenvalue weighted by atomic mass is 16.1. The summed E-state index contributed by atoms with van der Waals surface area (Å²) in [4.78, 5) is 13.2. The Bertz CT molecular complexity index is 403. The molecule has 1 aromatic carbocycles. The molecule has 0 spiro atoms. The largest absolute Gasteiger partial charge is 0.378 e. The van der Waals surface area contributed by atoms with E-state index in [0.29, 0.717) is 6.42 Å².